The lowest BCUT2D eigenvalue weighted by atomic mass is 10.1. The summed E-state index contributed by atoms with van der Waals surface area (Å²) in [5.74, 6) is 0.932. The van der Waals surface area contributed by atoms with Crippen molar-refractivity contribution < 1.29 is 13.9 Å². The molecule has 28 heavy (non-hydrogen) atoms. The van der Waals surface area contributed by atoms with E-state index < -0.39 is 6.04 Å². The van der Waals surface area contributed by atoms with Crippen LogP contribution < -0.4 is 10.1 Å². The van der Waals surface area contributed by atoms with Gasteiger partial charge in [0, 0.05) is 19.4 Å². The Bertz CT molecular complexity index is 951. The number of nitrogens with one attached hydrogen (secondary N) is 1. The second kappa shape index (κ2) is 8.69. The van der Waals surface area contributed by atoms with E-state index in [0.717, 1.165) is 16.9 Å². The number of rotatable bonds is 7. The summed E-state index contributed by atoms with van der Waals surface area (Å²) in [6.07, 6.45) is 3.68. The van der Waals surface area contributed by atoms with Gasteiger partial charge < -0.3 is 14.6 Å². The maximum Gasteiger partial charge on any atom is 0.224 e. The fourth-order valence-corrected chi connectivity index (χ4v) is 2.91. The number of aryl methyl sites for hydroxylation is 3. The van der Waals surface area contributed by atoms with E-state index in [4.69, 9.17) is 4.74 Å². The number of imidazole rings is 1. The van der Waals surface area contributed by atoms with E-state index in [0.29, 0.717) is 5.82 Å². The highest BCUT2D eigenvalue weighted by Crippen LogP contribution is 2.21. The standard InChI is InChI=1S/C22H24FN3O2/c1-15-4-9-19(14-16(15)2)28-13-10-20(27)25-21(22-24-11-12-26(22)3)17-5-7-18(23)8-6-17/h4-9,11-12,14,21H,10,13H2,1-3H3,(H,25,27). The average molecular weight is 381 g/mol. The lowest BCUT2D eigenvalue weighted by Crippen LogP contribution is -2.32. The maximum atomic E-state index is 13.3. The van der Waals surface area contributed by atoms with Crippen LogP contribution in [0.1, 0.15) is 35.0 Å². The van der Waals surface area contributed by atoms with Crippen molar-refractivity contribution in [3.05, 3.63) is 83.2 Å². The zero-order chi connectivity index (χ0) is 20.1. The van der Waals surface area contributed by atoms with Gasteiger partial charge in [0.05, 0.1) is 13.0 Å². The van der Waals surface area contributed by atoms with Crippen LogP contribution in [0.5, 0.6) is 5.75 Å². The van der Waals surface area contributed by atoms with Gasteiger partial charge in [-0.05, 0) is 54.8 Å². The smallest absolute Gasteiger partial charge is 0.224 e. The van der Waals surface area contributed by atoms with Crippen LogP contribution in [0.2, 0.25) is 0 Å². The molecule has 1 atom stereocenters. The highest BCUT2D eigenvalue weighted by molar-refractivity contribution is 5.77. The van der Waals surface area contributed by atoms with E-state index in [1.807, 2.05) is 43.7 Å². The van der Waals surface area contributed by atoms with Gasteiger partial charge in [-0.2, -0.15) is 0 Å². The molecule has 1 unspecified atom stereocenters. The SMILES string of the molecule is Cc1ccc(OCCC(=O)NC(c2ccc(F)cc2)c2nccn2C)cc1C. The second-order valence-corrected chi connectivity index (χ2v) is 6.79. The quantitative estimate of drug-likeness (QED) is 0.676. The number of carbonyl (C=O) groups excluding carboxylic acids is 1. The molecule has 146 valence electrons. The van der Waals surface area contributed by atoms with Crippen molar-refractivity contribution in [2.75, 3.05) is 6.61 Å². The zero-order valence-corrected chi connectivity index (χ0v) is 16.3. The lowest BCUT2D eigenvalue weighted by Gasteiger charge is -2.19. The number of ether oxygens (including phenoxy) is 1. The molecule has 0 bridgehead atoms. The molecule has 0 fully saturated rings. The van der Waals surface area contributed by atoms with Gasteiger partial charge >= 0.3 is 0 Å². The Morgan fingerprint density at radius 3 is 2.57 bits per heavy atom. The van der Waals surface area contributed by atoms with Crippen molar-refractivity contribution >= 4 is 5.91 Å². The summed E-state index contributed by atoms with van der Waals surface area (Å²) in [7, 11) is 1.86. The van der Waals surface area contributed by atoms with Gasteiger partial charge in [0.1, 0.15) is 23.4 Å². The fourth-order valence-electron chi connectivity index (χ4n) is 2.91. The normalized spacial score (nSPS) is 11.9. The van der Waals surface area contributed by atoms with E-state index in [9.17, 15) is 9.18 Å². The first-order valence-electron chi connectivity index (χ1n) is 9.16. The monoisotopic (exact) mass is 381 g/mol. The molecular formula is C22H24FN3O2. The Balaban J connectivity index is 1.65. The molecule has 5 nitrogen and oxygen atoms in total. The molecule has 3 rings (SSSR count). The van der Waals surface area contributed by atoms with Gasteiger partial charge in [-0.1, -0.05) is 18.2 Å². The first-order valence-corrected chi connectivity index (χ1v) is 9.16. The van der Waals surface area contributed by atoms with Crippen molar-refractivity contribution in [1.82, 2.24) is 14.9 Å². The van der Waals surface area contributed by atoms with Crippen LogP contribution in [-0.2, 0) is 11.8 Å². The number of amides is 1. The summed E-state index contributed by atoms with van der Waals surface area (Å²) in [6, 6.07) is 11.4. The Hall–Kier alpha value is -3.15. The van der Waals surface area contributed by atoms with E-state index >= 15 is 0 Å². The van der Waals surface area contributed by atoms with Crippen LogP contribution >= 0.6 is 0 Å². The third-order valence-corrected chi connectivity index (χ3v) is 4.70. The largest absolute Gasteiger partial charge is 0.493 e. The van der Waals surface area contributed by atoms with Crippen LogP contribution in [0, 0.1) is 19.7 Å². The van der Waals surface area contributed by atoms with E-state index in [1.165, 1.54) is 17.7 Å². The first-order chi connectivity index (χ1) is 13.4. The van der Waals surface area contributed by atoms with Gasteiger partial charge in [0.2, 0.25) is 5.91 Å². The zero-order valence-electron chi connectivity index (χ0n) is 16.3. The van der Waals surface area contributed by atoms with Gasteiger partial charge in [0.15, 0.2) is 0 Å². The highest BCUT2D eigenvalue weighted by atomic mass is 19.1. The summed E-state index contributed by atoms with van der Waals surface area (Å²) in [5, 5.41) is 2.98. The molecular weight excluding hydrogens is 357 g/mol. The summed E-state index contributed by atoms with van der Waals surface area (Å²) in [5.41, 5.74) is 3.11. The third kappa shape index (κ3) is 4.76. The van der Waals surface area contributed by atoms with Crippen molar-refractivity contribution in [3.63, 3.8) is 0 Å². The van der Waals surface area contributed by atoms with E-state index in [2.05, 4.69) is 10.3 Å². The maximum absolute atomic E-state index is 13.3. The first kappa shape index (κ1) is 19.6. The molecule has 1 aromatic heterocycles. The topological polar surface area (TPSA) is 56.1 Å². The predicted molar refractivity (Wildman–Crippen MR) is 106 cm³/mol. The predicted octanol–water partition coefficient (Wildman–Crippen LogP) is 3.85. The minimum absolute atomic E-state index is 0.166. The van der Waals surface area contributed by atoms with E-state index in [1.54, 1.807) is 24.5 Å². The summed E-state index contributed by atoms with van der Waals surface area (Å²) < 4.78 is 20.8. The number of hydrogen-bond acceptors (Lipinski definition) is 3. The molecule has 2 aromatic carbocycles. The number of hydrogen-bond donors (Lipinski definition) is 1. The summed E-state index contributed by atoms with van der Waals surface area (Å²) in [4.78, 5) is 16.8. The Morgan fingerprint density at radius 1 is 1.18 bits per heavy atom. The fraction of sp³-hybridized carbons (Fsp3) is 0.273. The second-order valence-electron chi connectivity index (χ2n) is 6.79. The summed E-state index contributed by atoms with van der Waals surface area (Å²) >= 11 is 0. The Labute approximate surface area is 164 Å². The van der Waals surface area contributed by atoms with Crippen LogP contribution in [0.3, 0.4) is 0 Å². The molecule has 0 aliphatic carbocycles. The third-order valence-electron chi connectivity index (χ3n) is 4.70. The number of halogens is 1. The Morgan fingerprint density at radius 2 is 1.93 bits per heavy atom. The van der Waals surface area contributed by atoms with Gasteiger partial charge in [0.25, 0.3) is 0 Å². The molecule has 6 heteroatoms. The lowest BCUT2D eigenvalue weighted by molar-refractivity contribution is -0.122. The number of aromatic nitrogens is 2. The molecule has 1 N–H and O–H groups in total. The van der Waals surface area contributed by atoms with Crippen molar-refractivity contribution in [3.8, 4) is 5.75 Å². The number of benzene rings is 2. The summed E-state index contributed by atoms with van der Waals surface area (Å²) in [6.45, 7) is 4.33. The molecule has 0 spiro atoms. The molecule has 1 amide bonds. The molecule has 0 saturated carbocycles. The van der Waals surface area contributed by atoms with Crippen LogP contribution in [0.15, 0.2) is 54.9 Å². The van der Waals surface area contributed by atoms with Gasteiger partial charge in [-0.3, -0.25) is 4.79 Å². The number of nitrogens with zero attached hydrogens (tertiary/aromatic N) is 2. The van der Waals surface area contributed by atoms with Gasteiger partial charge in [-0.25, -0.2) is 9.37 Å². The van der Waals surface area contributed by atoms with Crippen LogP contribution in [0.4, 0.5) is 4.39 Å². The molecule has 0 radical (unpaired) electrons. The van der Waals surface area contributed by atoms with Crippen LogP contribution in [0.25, 0.3) is 0 Å². The van der Waals surface area contributed by atoms with Crippen LogP contribution in [-0.4, -0.2) is 22.1 Å². The van der Waals surface area contributed by atoms with Crippen molar-refractivity contribution in [2.24, 2.45) is 7.05 Å². The molecule has 0 aliphatic heterocycles. The highest BCUT2D eigenvalue weighted by Gasteiger charge is 2.20. The molecule has 3 aromatic rings. The molecule has 0 saturated heterocycles. The average Bonchev–Trinajstić information content (AvgIpc) is 3.09. The van der Waals surface area contributed by atoms with Crippen molar-refractivity contribution in [2.45, 2.75) is 26.3 Å². The van der Waals surface area contributed by atoms with Gasteiger partial charge in [-0.15, -0.1) is 0 Å². The van der Waals surface area contributed by atoms with E-state index in [-0.39, 0.29) is 24.8 Å². The minimum Gasteiger partial charge on any atom is -0.493 e. The number of carbonyl (C=O) groups is 1. The molecule has 1 heterocycles. The van der Waals surface area contributed by atoms with Crippen molar-refractivity contribution in [1.29, 1.82) is 0 Å². The molecule has 0 aliphatic rings. The minimum atomic E-state index is -0.463. The Kier molecular flexibility index (Phi) is 6.09.